The Morgan fingerprint density at radius 1 is 1.30 bits per heavy atom. The highest BCUT2D eigenvalue weighted by Crippen LogP contribution is 2.34. The molecule has 1 aromatic heterocycles. The van der Waals surface area contributed by atoms with Crippen LogP contribution in [0.1, 0.15) is 63.1 Å². The molecule has 4 rings (SSSR count). The van der Waals surface area contributed by atoms with Crippen LogP contribution in [0.4, 0.5) is 4.39 Å². The standard InChI is InChI=1S/C24H31FN4O4/c1-2-24(32,18-9-10-20(25)21(12-18)33-14-16-6-7-16)15-29-19(13-26-28-29)5-3-4-17-8-11-22(30)27-23(17)31/h9-10,12-13,16-17,32H,2-8,11,14-15H2,1H3,(H,27,30,31)/t17-,24+/m0/s1. The summed E-state index contributed by atoms with van der Waals surface area (Å²) in [5, 5.41) is 22.0. The number of ether oxygens (including phenoxy) is 1. The maximum Gasteiger partial charge on any atom is 0.229 e. The van der Waals surface area contributed by atoms with E-state index in [9.17, 15) is 19.1 Å². The summed E-state index contributed by atoms with van der Waals surface area (Å²) in [6.07, 6.45) is 7.28. The summed E-state index contributed by atoms with van der Waals surface area (Å²) in [7, 11) is 0. The number of imide groups is 1. The van der Waals surface area contributed by atoms with Crippen LogP contribution in [-0.2, 0) is 28.2 Å². The number of aliphatic hydroxyl groups is 1. The van der Waals surface area contributed by atoms with Crippen molar-refractivity contribution < 1.29 is 23.8 Å². The third kappa shape index (κ3) is 5.76. The van der Waals surface area contributed by atoms with Gasteiger partial charge in [-0.1, -0.05) is 18.2 Å². The van der Waals surface area contributed by atoms with Crippen molar-refractivity contribution in [2.45, 2.75) is 70.4 Å². The first-order valence-corrected chi connectivity index (χ1v) is 11.7. The minimum Gasteiger partial charge on any atom is -0.490 e. The van der Waals surface area contributed by atoms with E-state index in [0.29, 0.717) is 50.2 Å². The number of piperidine rings is 1. The predicted molar refractivity (Wildman–Crippen MR) is 118 cm³/mol. The van der Waals surface area contributed by atoms with Crippen LogP contribution in [0.2, 0.25) is 0 Å². The molecule has 1 aromatic carbocycles. The van der Waals surface area contributed by atoms with Crippen molar-refractivity contribution in [3.05, 3.63) is 41.5 Å². The van der Waals surface area contributed by atoms with Gasteiger partial charge in [0.1, 0.15) is 5.60 Å². The number of benzene rings is 1. The zero-order chi connectivity index (χ0) is 23.4. The molecule has 33 heavy (non-hydrogen) atoms. The van der Waals surface area contributed by atoms with Gasteiger partial charge in [-0.3, -0.25) is 14.9 Å². The summed E-state index contributed by atoms with van der Waals surface area (Å²) < 4.78 is 21.6. The Hall–Kier alpha value is -2.81. The van der Waals surface area contributed by atoms with E-state index in [1.54, 1.807) is 23.0 Å². The van der Waals surface area contributed by atoms with Crippen LogP contribution in [0.5, 0.6) is 5.75 Å². The second-order valence-corrected chi connectivity index (χ2v) is 9.21. The molecule has 1 aliphatic heterocycles. The van der Waals surface area contributed by atoms with E-state index in [4.69, 9.17) is 4.74 Å². The fraction of sp³-hybridized carbons (Fsp3) is 0.583. The second-order valence-electron chi connectivity index (χ2n) is 9.21. The first-order chi connectivity index (χ1) is 15.9. The average molecular weight is 459 g/mol. The molecule has 0 bridgehead atoms. The van der Waals surface area contributed by atoms with Gasteiger partial charge in [0.25, 0.3) is 0 Å². The average Bonchev–Trinajstić information content (AvgIpc) is 3.53. The van der Waals surface area contributed by atoms with Crippen LogP contribution in [0.3, 0.4) is 0 Å². The molecule has 0 unspecified atom stereocenters. The molecule has 1 saturated carbocycles. The molecule has 2 amide bonds. The lowest BCUT2D eigenvalue weighted by atomic mass is 9.90. The fourth-order valence-electron chi connectivity index (χ4n) is 4.20. The fourth-order valence-corrected chi connectivity index (χ4v) is 4.20. The normalized spacial score (nSPS) is 20.4. The molecule has 0 spiro atoms. The second kappa shape index (κ2) is 9.99. The maximum absolute atomic E-state index is 14.2. The molecule has 2 N–H and O–H groups in total. The summed E-state index contributed by atoms with van der Waals surface area (Å²) in [4.78, 5) is 23.3. The maximum atomic E-state index is 14.2. The van der Waals surface area contributed by atoms with Gasteiger partial charge in [0.05, 0.1) is 25.0 Å². The van der Waals surface area contributed by atoms with Crippen molar-refractivity contribution in [2.75, 3.05) is 6.61 Å². The number of nitrogens with one attached hydrogen (secondary N) is 1. The van der Waals surface area contributed by atoms with Crippen LogP contribution in [-0.4, -0.2) is 38.5 Å². The van der Waals surface area contributed by atoms with Gasteiger partial charge in [0, 0.05) is 12.3 Å². The van der Waals surface area contributed by atoms with Crippen molar-refractivity contribution >= 4 is 11.8 Å². The Morgan fingerprint density at radius 2 is 2.12 bits per heavy atom. The first-order valence-electron chi connectivity index (χ1n) is 11.7. The molecule has 8 nitrogen and oxygen atoms in total. The number of carbonyl (C=O) groups is 2. The minimum absolute atomic E-state index is 0.159. The number of halogens is 1. The van der Waals surface area contributed by atoms with Crippen molar-refractivity contribution in [3.8, 4) is 5.75 Å². The number of carbonyl (C=O) groups excluding carboxylic acids is 2. The summed E-state index contributed by atoms with van der Waals surface area (Å²) >= 11 is 0. The van der Waals surface area contributed by atoms with E-state index in [1.807, 2.05) is 6.92 Å². The lowest BCUT2D eigenvalue weighted by molar-refractivity contribution is -0.136. The van der Waals surface area contributed by atoms with Crippen molar-refractivity contribution in [3.63, 3.8) is 0 Å². The molecule has 2 atom stereocenters. The Labute approximate surface area is 192 Å². The van der Waals surface area contributed by atoms with E-state index in [0.717, 1.165) is 25.0 Å². The van der Waals surface area contributed by atoms with Crippen LogP contribution in [0.25, 0.3) is 0 Å². The Balaban J connectivity index is 1.40. The zero-order valence-corrected chi connectivity index (χ0v) is 18.9. The third-order valence-electron chi connectivity index (χ3n) is 6.67. The van der Waals surface area contributed by atoms with Crippen LogP contribution < -0.4 is 10.1 Å². The van der Waals surface area contributed by atoms with E-state index < -0.39 is 11.4 Å². The molecule has 2 heterocycles. The highest BCUT2D eigenvalue weighted by molar-refractivity contribution is 5.98. The Kier molecular flexibility index (Phi) is 7.07. The number of hydrogen-bond donors (Lipinski definition) is 2. The lowest BCUT2D eigenvalue weighted by Gasteiger charge is -2.28. The molecule has 2 fully saturated rings. The van der Waals surface area contributed by atoms with E-state index >= 15 is 0 Å². The van der Waals surface area contributed by atoms with Gasteiger partial charge in [-0.25, -0.2) is 9.07 Å². The van der Waals surface area contributed by atoms with Crippen molar-refractivity contribution in [1.82, 2.24) is 20.3 Å². The smallest absolute Gasteiger partial charge is 0.229 e. The van der Waals surface area contributed by atoms with Gasteiger partial charge in [0.2, 0.25) is 11.8 Å². The highest BCUT2D eigenvalue weighted by Gasteiger charge is 2.31. The van der Waals surface area contributed by atoms with Gasteiger partial charge in [-0.2, -0.15) is 0 Å². The van der Waals surface area contributed by atoms with Gasteiger partial charge in [0.15, 0.2) is 11.6 Å². The number of aryl methyl sites for hydroxylation is 1. The predicted octanol–water partition coefficient (Wildman–Crippen LogP) is 2.88. The van der Waals surface area contributed by atoms with Gasteiger partial charge < -0.3 is 9.84 Å². The minimum atomic E-state index is -1.27. The van der Waals surface area contributed by atoms with E-state index in [1.165, 1.54) is 6.07 Å². The van der Waals surface area contributed by atoms with Crippen molar-refractivity contribution in [1.29, 1.82) is 0 Å². The van der Waals surface area contributed by atoms with Gasteiger partial charge in [-0.05, 0) is 68.6 Å². The number of nitrogens with zero attached hydrogens (tertiary/aromatic N) is 3. The van der Waals surface area contributed by atoms with Crippen LogP contribution in [0.15, 0.2) is 24.4 Å². The molecule has 178 valence electrons. The topological polar surface area (TPSA) is 106 Å². The van der Waals surface area contributed by atoms with Gasteiger partial charge in [-0.15, -0.1) is 5.10 Å². The molecule has 1 aliphatic carbocycles. The SMILES string of the molecule is CC[C@@](O)(Cn1nncc1CCC[C@H]1CCC(=O)NC1=O)c1ccc(F)c(OCC2CC2)c1. The molecule has 0 radical (unpaired) electrons. The molecule has 2 aromatic rings. The summed E-state index contributed by atoms with van der Waals surface area (Å²) in [6.45, 7) is 2.53. The number of hydrogen-bond acceptors (Lipinski definition) is 6. The summed E-state index contributed by atoms with van der Waals surface area (Å²) in [5.41, 5.74) is 0.154. The molecular weight excluding hydrogens is 427 g/mol. The number of amides is 2. The first kappa shape index (κ1) is 23.4. The quantitative estimate of drug-likeness (QED) is 0.502. The number of aromatic nitrogens is 3. The zero-order valence-electron chi connectivity index (χ0n) is 18.9. The molecule has 1 saturated heterocycles. The number of rotatable bonds is 11. The highest BCUT2D eigenvalue weighted by atomic mass is 19.1. The van der Waals surface area contributed by atoms with E-state index in [-0.39, 0.29) is 30.0 Å². The van der Waals surface area contributed by atoms with Crippen LogP contribution in [0, 0.1) is 17.7 Å². The van der Waals surface area contributed by atoms with E-state index in [2.05, 4.69) is 15.6 Å². The summed E-state index contributed by atoms with van der Waals surface area (Å²) in [6, 6.07) is 4.50. The molecule has 2 aliphatic rings. The summed E-state index contributed by atoms with van der Waals surface area (Å²) in [5.74, 6) is -0.348. The van der Waals surface area contributed by atoms with Crippen molar-refractivity contribution in [2.24, 2.45) is 11.8 Å². The Morgan fingerprint density at radius 3 is 2.85 bits per heavy atom. The Bertz CT molecular complexity index is 1010. The lowest BCUT2D eigenvalue weighted by Crippen LogP contribution is -2.40. The van der Waals surface area contributed by atoms with Crippen LogP contribution >= 0.6 is 0 Å². The molecular formula is C24H31FN4O4. The molecule has 9 heteroatoms. The third-order valence-corrected chi connectivity index (χ3v) is 6.67. The monoisotopic (exact) mass is 458 g/mol. The van der Waals surface area contributed by atoms with Gasteiger partial charge >= 0.3 is 0 Å². The largest absolute Gasteiger partial charge is 0.490 e.